The summed E-state index contributed by atoms with van der Waals surface area (Å²) in [6.45, 7) is 15.0. The normalized spacial score (nSPS) is 47.9. The van der Waals surface area contributed by atoms with Crippen molar-refractivity contribution in [3.63, 3.8) is 0 Å². The van der Waals surface area contributed by atoms with Crippen LogP contribution in [-0.4, -0.2) is 30.0 Å². The highest BCUT2D eigenvalue weighted by Crippen LogP contribution is 2.86. The predicted octanol–water partition coefficient (Wildman–Crippen LogP) is 8.01. The van der Waals surface area contributed by atoms with E-state index in [2.05, 4.69) is 49.5 Å². The largest absolute Gasteiger partial charge is 0.393 e. The number of ether oxygens (including phenoxy) is 1. The van der Waals surface area contributed by atoms with Crippen LogP contribution >= 0.6 is 0 Å². The van der Waals surface area contributed by atoms with Gasteiger partial charge in [-0.25, -0.2) is 0 Å². The van der Waals surface area contributed by atoms with Crippen molar-refractivity contribution >= 4 is 0 Å². The Bertz CT molecular complexity index is 920. The summed E-state index contributed by atoms with van der Waals surface area (Å²) in [7, 11) is 0. The van der Waals surface area contributed by atoms with E-state index in [9.17, 15) is 5.11 Å². The summed E-state index contributed by atoms with van der Waals surface area (Å²) in [5.41, 5.74) is 3.08. The Kier molecular flexibility index (Phi) is 8.41. The number of rotatable bonds is 4. The van der Waals surface area contributed by atoms with Crippen molar-refractivity contribution in [1.82, 2.24) is 5.32 Å². The van der Waals surface area contributed by atoms with Crippen LogP contribution in [-0.2, 0) is 11.3 Å². The zero-order chi connectivity index (χ0) is 27.1. The third kappa shape index (κ3) is 4.33. The molecule has 3 heteroatoms. The first-order chi connectivity index (χ1) is 18.5. The third-order valence-electron chi connectivity index (χ3n) is 12.8. The van der Waals surface area contributed by atoms with Crippen LogP contribution < -0.4 is 5.32 Å². The zero-order valence-electron chi connectivity index (χ0n) is 25.3. The molecule has 5 saturated carbocycles. The Morgan fingerprint density at radius 1 is 0.842 bits per heavy atom. The summed E-state index contributed by atoms with van der Waals surface area (Å²) in [4.78, 5) is 0. The van der Waals surface area contributed by atoms with E-state index in [0.29, 0.717) is 34.4 Å². The molecule has 1 saturated heterocycles. The number of fused-ring (bicyclic) bond motifs is 4. The van der Waals surface area contributed by atoms with Crippen LogP contribution in [0.2, 0.25) is 0 Å². The quantitative estimate of drug-likeness (QED) is 0.420. The van der Waals surface area contributed by atoms with Crippen LogP contribution in [0.15, 0.2) is 30.3 Å². The fourth-order valence-corrected chi connectivity index (χ4v) is 11.1. The number of nitrogens with one attached hydrogen (secondary N) is 1. The SMILES string of the molecule is CC.CC.CC1C(O)CCC23CC24CCC2(C)C5CC[C@H](CNCc6ccccc6)OC5CC2C4CCC13. The van der Waals surface area contributed by atoms with Crippen molar-refractivity contribution in [2.45, 2.75) is 131 Å². The second-order valence-electron chi connectivity index (χ2n) is 13.7. The van der Waals surface area contributed by atoms with Crippen LogP contribution in [0.25, 0.3) is 0 Å². The maximum absolute atomic E-state index is 10.6. The summed E-state index contributed by atoms with van der Waals surface area (Å²) < 4.78 is 6.87. The maximum atomic E-state index is 10.6. The van der Waals surface area contributed by atoms with Crippen LogP contribution in [0.4, 0.5) is 0 Å². The van der Waals surface area contributed by atoms with E-state index in [1.165, 1.54) is 63.4 Å². The van der Waals surface area contributed by atoms with Gasteiger partial charge in [0.2, 0.25) is 0 Å². The lowest BCUT2D eigenvalue weighted by Gasteiger charge is -2.57. The van der Waals surface area contributed by atoms with Crippen molar-refractivity contribution in [1.29, 1.82) is 0 Å². The molecular formula is C35H57NO2. The molecule has 1 aromatic rings. The summed E-state index contributed by atoms with van der Waals surface area (Å²) in [5, 5.41) is 14.3. The first-order valence-corrected chi connectivity index (χ1v) is 16.6. The van der Waals surface area contributed by atoms with Gasteiger partial charge in [0, 0.05) is 13.1 Å². The minimum Gasteiger partial charge on any atom is -0.393 e. The first-order valence-electron chi connectivity index (χ1n) is 16.6. The lowest BCUT2D eigenvalue weighted by atomic mass is 9.48. The number of hydrogen-bond acceptors (Lipinski definition) is 3. The van der Waals surface area contributed by atoms with Gasteiger partial charge in [0.1, 0.15) is 0 Å². The second-order valence-corrected chi connectivity index (χ2v) is 13.7. The average molecular weight is 524 g/mol. The summed E-state index contributed by atoms with van der Waals surface area (Å²) >= 11 is 0. The van der Waals surface area contributed by atoms with E-state index in [-0.39, 0.29) is 6.10 Å². The van der Waals surface area contributed by atoms with Gasteiger partial charge in [0.15, 0.2) is 0 Å². The maximum Gasteiger partial charge on any atom is 0.0703 e. The molecule has 7 rings (SSSR count). The number of benzene rings is 1. The van der Waals surface area contributed by atoms with Crippen molar-refractivity contribution in [2.24, 2.45) is 45.8 Å². The van der Waals surface area contributed by atoms with Crippen molar-refractivity contribution < 1.29 is 9.84 Å². The smallest absolute Gasteiger partial charge is 0.0703 e. The van der Waals surface area contributed by atoms with Gasteiger partial charge in [0.05, 0.1) is 18.3 Å². The first kappa shape index (κ1) is 28.6. The molecule has 1 aromatic carbocycles. The molecule has 5 aliphatic carbocycles. The van der Waals surface area contributed by atoms with Gasteiger partial charge in [-0.1, -0.05) is 71.9 Å². The van der Waals surface area contributed by atoms with Gasteiger partial charge in [0.25, 0.3) is 0 Å². The summed E-state index contributed by atoms with van der Waals surface area (Å²) in [5.74, 6) is 3.88. The molecule has 6 aliphatic rings. The topological polar surface area (TPSA) is 41.5 Å². The molecule has 3 nitrogen and oxygen atoms in total. The van der Waals surface area contributed by atoms with Gasteiger partial charge in [-0.15, -0.1) is 0 Å². The summed E-state index contributed by atoms with van der Waals surface area (Å²) in [6, 6.07) is 10.7. The number of aliphatic hydroxyl groups is 1. The van der Waals surface area contributed by atoms with Crippen molar-refractivity contribution in [3.8, 4) is 0 Å². The van der Waals surface area contributed by atoms with Gasteiger partial charge in [-0.3, -0.25) is 0 Å². The minimum absolute atomic E-state index is 0.0473. The van der Waals surface area contributed by atoms with Gasteiger partial charge < -0.3 is 15.2 Å². The Morgan fingerprint density at radius 2 is 1.53 bits per heavy atom. The number of aliphatic hydroxyl groups excluding tert-OH is 1. The van der Waals surface area contributed by atoms with Gasteiger partial charge >= 0.3 is 0 Å². The fourth-order valence-electron chi connectivity index (χ4n) is 11.1. The van der Waals surface area contributed by atoms with E-state index in [1.54, 1.807) is 0 Å². The Hall–Kier alpha value is -0.900. The van der Waals surface area contributed by atoms with Crippen LogP contribution in [0, 0.1) is 45.8 Å². The lowest BCUT2D eigenvalue weighted by Crippen LogP contribution is -2.51. The fraction of sp³-hybridized carbons (Fsp3) is 0.829. The highest BCUT2D eigenvalue weighted by atomic mass is 16.5. The van der Waals surface area contributed by atoms with E-state index >= 15 is 0 Å². The zero-order valence-corrected chi connectivity index (χ0v) is 25.3. The molecule has 1 heterocycles. The van der Waals surface area contributed by atoms with E-state index < -0.39 is 0 Å². The van der Waals surface area contributed by atoms with Crippen LogP contribution in [0.1, 0.15) is 111 Å². The minimum atomic E-state index is -0.0473. The molecule has 214 valence electrons. The van der Waals surface area contributed by atoms with E-state index in [0.717, 1.165) is 43.2 Å². The molecule has 10 unspecified atom stereocenters. The van der Waals surface area contributed by atoms with Gasteiger partial charge in [-0.05, 0) is 116 Å². The van der Waals surface area contributed by atoms with Crippen LogP contribution in [0.5, 0.6) is 0 Å². The predicted molar refractivity (Wildman–Crippen MR) is 158 cm³/mol. The highest BCUT2D eigenvalue weighted by Gasteiger charge is 2.79. The van der Waals surface area contributed by atoms with E-state index in [4.69, 9.17) is 4.74 Å². The molecule has 2 spiro atoms. The Balaban J connectivity index is 0.000000704. The molecular weight excluding hydrogens is 466 g/mol. The molecule has 1 aliphatic heterocycles. The molecule has 0 radical (unpaired) electrons. The lowest BCUT2D eigenvalue weighted by molar-refractivity contribution is -0.110. The molecule has 0 aromatic heterocycles. The molecule has 0 bridgehead atoms. The molecule has 6 fully saturated rings. The second kappa shape index (κ2) is 11.2. The monoisotopic (exact) mass is 523 g/mol. The van der Waals surface area contributed by atoms with Crippen molar-refractivity contribution in [3.05, 3.63) is 35.9 Å². The van der Waals surface area contributed by atoms with Crippen molar-refractivity contribution in [2.75, 3.05) is 6.54 Å². The molecule has 2 N–H and O–H groups in total. The van der Waals surface area contributed by atoms with Gasteiger partial charge in [-0.2, -0.15) is 0 Å². The molecule has 38 heavy (non-hydrogen) atoms. The average Bonchev–Trinajstić information content (AvgIpc) is 3.54. The highest BCUT2D eigenvalue weighted by molar-refractivity contribution is 5.28. The Morgan fingerprint density at radius 3 is 2.29 bits per heavy atom. The molecule has 0 amide bonds. The van der Waals surface area contributed by atoms with E-state index in [1.807, 2.05) is 27.7 Å². The van der Waals surface area contributed by atoms with Crippen LogP contribution in [0.3, 0.4) is 0 Å². The summed E-state index contributed by atoms with van der Waals surface area (Å²) in [6.07, 6.45) is 14.3. The molecule has 11 atom stereocenters. The number of hydrogen-bond donors (Lipinski definition) is 2. The third-order valence-corrected chi connectivity index (χ3v) is 12.8. The standard InChI is InChI=1S/C31H45NO2.2C2H6/c1-20-23-10-11-24-26-16-28-25(9-8-22(34-28)18-32-17-21-6-4-3-5-7-21)29(26,2)14-15-31(24)19-30(23,31)13-12-27(20)33;2*1-2/h3-7,20,22-28,32-33H,8-19H2,1-2H3;2*1-2H3/t20?,22-,23?,24?,25?,26?,27?,28?,29?,30?,31?;;/m1../s1. The Labute approximate surface area is 233 Å².